The molecule has 2 aromatic rings. The van der Waals surface area contributed by atoms with Gasteiger partial charge in [-0.2, -0.15) is 0 Å². The van der Waals surface area contributed by atoms with Crippen molar-refractivity contribution >= 4 is 11.8 Å². The van der Waals surface area contributed by atoms with Crippen LogP contribution in [0.1, 0.15) is 31.4 Å². The van der Waals surface area contributed by atoms with Crippen molar-refractivity contribution in [3.8, 4) is 0 Å². The predicted molar refractivity (Wildman–Crippen MR) is 68.9 cm³/mol. The van der Waals surface area contributed by atoms with E-state index < -0.39 is 0 Å². The number of hydrogen-bond acceptors (Lipinski definition) is 6. The molecule has 7 nitrogen and oxygen atoms in total. The Balaban J connectivity index is 2.11. The van der Waals surface area contributed by atoms with Gasteiger partial charge in [-0.05, 0) is 13.8 Å². The molecule has 0 bridgehead atoms. The molecule has 0 saturated carbocycles. The molecule has 2 rings (SSSR count). The molecule has 0 saturated heterocycles. The van der Waals surface area contributed by atoms with Gasteiger partial charge in [0.25, 0.3) is 0 Å². The smallest absolute Gasteiger partial charge is 0.191 e. The highest BCUT2D eigenvalue weighted by Gasteiger charge is 2.14. The molecule has 0 fully saturated rings. The largest absolute Gasteiger partial charge is 0.324 e. The maximum atomic E-state index is 5.65. The van der Waals surface area contributed by atoms with E-state index in [1.165, 1.54) is 0 Å². The topological polar surface area (TPSA) is 87.4 Å². The quantitative estimate of drug-likeness (QED) is 0.804. The lowest BCUT2D eigenvalue weighted by molar-refractivity contribution is 0.526. The third-order valence-electron chi connectivity index (χ3n) is 2.43. The van der Waals surface area contributed by atoms with E-state index in [0.29, 0.717) is 12.6 Å². The van der Waals surface area contributed by atoms with Crippen LogP contribution >= 0.6 is 11.8 Å². The average Bonchev–Trinajstić information content (AvgIpc) is 2.92. The van der Waals surface area contributed by atoms with Crippen LogP contribution in [0.15, 0.2) is 11.4 Å². The van der Waals surface area contributed by atoms with Gasteiger partial charge in [-0.25, -0.2) is 0 Å². The first-order valence-electron chi connectivity index (χ1n) is 5.73. The molecule has 18 heavy (non-hydrogen) atoms. The molecule has 2 N–H and O–H groups in total. The predicted octanol–water partition coefficient (Wildman–Crippen LogP) is 0.739. The molecule has 98 valence electrons. The zero-order chi connectivity index (χ0) is 13.1. The lowest BCUT2D eigenvalue weighted by atomic mass is 10.4. The van der Waals surface area contributed by atoms with Gasteiger partial charge < -0.3 is 10.3 Å². The highest BCUT2D eigenvalue weighted by Crippen LogP contribution is 2.23. The summed E-state index contributed by atoms with van der Waals surface area (Å²) in [4.78, 5) is 0. The lowest BCUT2D eigenvalue weighted by Gasteiger charge is -2.12. The summed E-state index contributed by atoms with van der Waals surface area (Å²) >= 11 is 1.60. The molecule has 0 aliphatic rings. The van der Waals surface area contributed by atoms with Gasteiger partial charge in [-0.3, -0.25) is 4.68 Å². The molecule has 0 amide bonds. The fourth-order valence-corrected chi connectivity index (χ4v) is 2.63. The first-order valence-corrected chi connectivity index (χ1v) is 6.72. The third kappa shape index (κ3) is 2.70. The molecular formula is C10H17N7S. The fourth-order valence-electron chi connectivity index (χ4n) is 1.66. The summed E-state index contributed by atoms with van der Waals surface area (Å²) in [6.07, 6.45) is 1.90. The summed E-state index contributed by atoms with van der Waals surface area (Å²) in [5.74, 6) is 1.54. The molecule has 2 heterocycles. The van der Waals surface area contributed by atoms with Crippen molar-refractivity contribution in [1.29, 1.82) is 0 Å². The second kappa shape index (κ2) is 5.49. The molecule has 2 aromatic heterocycles. The number of hydrogen-bond donors (Lipinski definition) is 1. The van der Waals surface area contributed by atoms with Crippen molar-refractivity contribution in [2.75, 3.05) is 0 Å². The van der Waals surface area contributed by atoms with Crippen molar-refractivity contribution in [2.45, 2.75) is 37.3 Å². The Hall–Kier alpha value is -1.41. The minimum absolute atomic E-state index is 0.294. The monoisotopic (exact) mass is 267 g/mol. The van der Waals surface area contributed by atoms with Gasteiger partial charge in [0, 0.05) is 25.0 Å². The molecule has 8 heteroatoms. The van der Waals surface area contributed by atoms with Gasteiger partial charge in [0.2, 0.25) is 0 Å². The fraction of sp³-hybridized carbons (Fsp3) is 0.600. The molecule has 0 spiro atoms. The number of aryl methyl sites for hydroxylation is 1. The van der Waals surface area contributed by atoms with E-state index >= 15 is 0 Å². The molecule has 0 unspecified atom stereocenters. The van der Waals surface area contributed by atoms with E-state index in [1.807, 2.05) is 13.2 Å². The van der Waals surface area contributed by atoms with Gasteiger partial charge in [0.15, 0.2) is 5.16 Å². The lowest BCUT2D eigenvalue weighted by Crippen LogP contribution is -2.11. The molecular weight excluding hydrogens is 250 g/mol. The van der Waals surface area contributed by atoms with Crippen LogP contribution in [0.3, 0.4) is 0 Å². The minimum Gasteiger partial charge on any atom is -0.324 e. The Morgan fingerprint density at radius 3 is 2.67 bits per heavy atom. The van der Waals surface area contributed by atoms with Crippen LogP contribution in [-0.2, 0) is 19.3 Å². The minimum atomic E-state index is 0.294. The van der Waals surface area contributed by atoms with Crippen molar-refractivity contribution < 1.29 is 0 Å². The molecule has 0 radical (unpaired) electrons. The summed E-state index contributed by atoms with van der Waals surface area (Å²) in [6.45, 7) is 4.58. The van der Waals surface area contributed by atoms with Crippen molar-refractivity contribution in [2.24, 2.45) is 12.8 Å². The standard InChI is InChI=1S/C10H17N7S/c1-7(2)17-9(4-11)13-14-10(17)18-6-8-5-16(3)15-12-8/h5,7H,4,6,11H2,1-3H3. The Kier molecular flexibility index (Phi) is 3.97. The van der Waals surface area contributed by atoms with Gasteiger partial charge in [0.05, 0.1) is 12.2 Å². The van der Waals surface area contributed by atoms with Crippen LogP contribution in [0.2, 0.25) is 0 Å². The second-order valence-electron chi connectivity index (χ2n) is 4.24. The van der Waals surface area contributed by atoms with Crippen LogP contribution < -0.4 is 5.73 Å². The highest BCUT2D eigenvalue weighted by molar-refractivity contribution is 7.98. The normalized spacial score (nSPS) is 11.4. The summed E-state index contributed by atoms with van der Waals surface area (Å²) in [5.41, 5.74) is 6.58. The van der Waals surface area contributed by atoms with Crippen molar-refractivity contribution in [3.05, 3.63) is 17.7 Å². The van der Waals surface area contributed by atoms with Crippen molar-refractivity contribution in [1.82, 2.24) is 29.8 Å². The zero-order valence-electron chi connectivity index (χ0n) is 10.7. The van der Waals surface area contributed by atoms with E-state index in [1.54, 1.807) is 16.4 Å². The Bertz CT molecular complexity index is 516. The number of nitrogens with zero attached hydrogens (tertiary/aromatic N) is 6. The Labute approximate surface area is 110 Å². The number of nitrogens with two attached hydrogens (primary N) is 1. The average molecular weight is 267 g/mol. The van der Waals surface area contributed by atoms with E-state index in [9.17, 15) is 0 Å². The first-order chi connectivity index (χ1) is 8.61. The number of aromatic nitrogens is 6. The highest BCUT2D eigenvalue weighted by atomic mass is 32.2. The number of thioether (sulfide) groups is 1. The molecule has 0 aliphatic carbocycles. The Morgan fingerprint density at radius 1 is 1.33 bits per heavy atom. The van der Waals surface area contributed by atoms with Gasteiger partial charge >= 0.3 is 0 Å². The summed E-state index contributed by atoms with van der Waals surface area (Å²) in [5, 5.41) is 17.1. The van der Waals surface area contributed by atoms with Crippen LogP contribution in [0.5, 0.6) is 0 Å². The van der Waals surface area contributed by atoms with Crippen LogP contribution in [0.25, 0.3) is 0 Å². The van der Waals surface area contributed by atoms with Crippen LogP contribution in [0.4, 0.5) is 0 Å². The van der Waals surface area contributed by atoms with Gasteiger partial charge in [-0.15, -0.1) is 15.3 Å². The van der Waals surface area contributed by atoms with Crippen molar-refractivity contribution in [3.63, 3.8) is 0 Å². The first kappa shape index (κ1) is 13.0. The number of rotatable bonds is 5. The van der Waals surface area contributed by atoms with Gasteiger partial charge in [-0.1, -0.05) is 17.0 Å². The summed E-state index contributed by atoms with van der Waals surface area (Å²) in [6, 6.07) is 0.294. The maximum absolute atomic E-state index is 5.65. The zero-order valence-corrected chi connectivity index (χ0v) is 11.6. The molecule has 0 aromatic carbocycles. The SMILES string of the molecule is CC(C)n1c(CN)nnc1SCc1cn(C)nn1. The maximum Gasteiger partial charge on any atom is 0.191 e. The van der Waals surface area contributed by atoms with E-state index in [-0.39, 0.29) is 0 Å². The second-order valence-corrected chi connectivity index (χ2v) is 5.18. The molecule has 0 atom stereocenters. The third-order valence-corrected chi connectivity index (χ3v) is 3.41. The van der Waals surface area contributed by atoms with E-state index in [4.69, 9.17) is 5.73 Å². The van der Waals surface area contributed by atoms with Gasteiger partial charge in [0.1, 0.15) is 5.82 Å². The Morgan fingerprint density at radius 2 is 2.11 bits per heavy atom. The van der Waals surface area contributed by atoms with E-state index in [0.717, 1.165) is 22.4 Å². The molecule has 0 aliphatic heterocycles. The van der Waals surface area contributed by atoms with Crippen LogP contribution in [0, 0.1) is 0 Å². The summed E-state index contributed by atoms with van der Waals surface area (Å²) < 4.78 is 3.75. The summed E-state index contributed by atoms with van der Waals surface area (Å²) in [7, 11) is 1.85. The van der Waals surface area contributed by atoms with E-state index in [2.05, 4.69) is 38.9 Å². The van der Waals surface area contributed by atoms with Crippen LogP contribution in [-0.4, -0.2) is 29.8 Å².